The number of carbonyl (C=O) groups is 2. The minimum Gasteiger partial charge on any atom is -0.507 e. The predicted molar refractivity (Wildman–Crippen MR) is 97.5 cm³/mol. The monoisotopic (exact) mass is 366 g/mol. The molecule has 0 aromatic heterocycles. The van der Waals surface area contributed by atoms with E-state index in [9.17, 15) is 14.7 Å². The maximum absolute atomic E-state index is 12.1. The van der Waals surface area contributed by atoms with Gasteiger partial charge >= 0.3 is 5.97 Å². The summed E-state index contributed by atoms with van der Waals surface area (Å²) in [6.45, 7) is 1.42. The van der Waals surface area contributed by atoms with Crippen molar-refractivity contribution in [2.45, 2.75) is 19.3 Å². The van der Waals surface area contributed by atoms with Crippen molar-refractivity contribution in [1.29, 1.82) is 0 Å². The highest BCUT2D eigenvalue weighted by molar-refractivity contribution is 5.98. The number of methoxy groups -OCH3 is 1. The highest BCUT2D eigenvalue weighted by Crippen LogP contribution is 2.46. The number of carbonyl (C=O) groups excluding carboxylic acids is 2. The molecule has 0 spiro atoms. The van der Waals surface area contributed by atoms with Crippen LogP contribution in [0.5, 0.6) is 23.0 Å². The number of benzene rings is 2. The normalized spacial score (nSPS) is 15.3. The van der Waals surface area contributed by atoms with Gasteiger partial charge in [-0.25, -0.2) is 0 Å². The van der Waals surface area contributed by atoms with Crippen LogP contribution in [0.25, 0.3) is 0 Å². The molecule has 2 aromatic carbocycles. The standard InChI is InChI=1S/C21H18O6/c1-4-9-26-18-10-13(5-7-16(18)25-3)15-11-19(23)27-17-8-6-14(12(2)22)21(24)20(15)17/h1,5-8,10,15,24H,9,11H2,2-3H3/t15-/m0/s1. The fraction of sp³-hybridized carbons (Fsp3) is 0.238. The Morgan fingerprint density at radius 1 is 1.33 bits per heavy atom. The van der Waals surface area contributed by atoms with E-state index in [1.807, 2.05) is 0 Å². The minimum absolute atomic E-state index is 0.0167. The Morgan fingerprint density at radius 3 is 2.78 bits per heavy atom. The first-order valence-corrected chi connectivity index (χ1v) is 8.28. The fourth-order valence-corrected chi connectivity index (χ4v) is 3.16. The SMILES string of the molecule is C#CCOc1cc([C@@H]2CC(=O)Oc3ccc(C(C)=O)c(O)c32)ccc1OC. The summed E-state index contributed by atoms with van der Waals surface area (Å²) in [5, 5.41) is 10.6. The molecule has 0 saturated heterocycles. The van der Waals surface area contributed by atoms with Crippen molar-refractivity contribution in [3.8, 4) is 35.3 Å². The van der Waals surface area contributed by atoms with E-state index in [2.05, 4.69) is 5.92 Å². The molecule has 0 aliphatic carbocycles. The molecule has 6 heteroatoms. The molecule has 1 heterocycles. The van der Waals surface area contributed by atoms with Crippen molar-refractivity contribution in [2.75, 3.05) is 13.7 Å². The Balaban J connectivity index is 2.13. The first-order chi connectivity index (χ1) is 13.0. The second-order valence-electron chi connectivity index (χ2n) is 6.06. The fourth-order valence-electron chi connectivity index (χ4n) is 3.16. The van der Waals surface area contributed by atoms with Gasteiger partial charge in [-0.1, -0.05) is 12.0 Å². The van der Waals surface area contributed by atoms with Crippen LogP contribution in [0.2, 0.25) is 0 Å². The van der Waals surface area contributed by atoms with Gasteiger partial charge in [-0.2, -0.15) is 0 Å². The third-order valence-electron chi connectivity index (χ3n) is 4.40. The van der Waals surface area contributed by atoms with Crippen LogP contribution in [0, 0.1) is 12.3 Å². The van der Waals surface area contributed by atoms with Gasteiger partial charge in [0.05, 0.1) is 19.1 Å². The maximum atomic E-state index is 12.1. The highest BCUT2D eigenvalue weighted by Gasteiger charge is 2.33. The Bertz CT molecular complexity index is 954. The van der Waals surface area contributed by atoms with Gasteiger partial charge in [-0.05, 0) is 36.8 Å². The van der Waals surface area contributed by atoms with E-state index >= 15 is 0 Å². The van der Waals surface area contributed by atoms with Gasteiger partial charge < -0.3 is 19.3 Å². The molecule has 0 radical (unpaired) electrons. The second-order valence-corrected chi connectivity index (χ2v) is 6.06. The van der Waals surface area contributed by atoms with Gasteiger partial charge in [0, 0.05) is 11.5 Å². The molecule has 1 aliphatic rings. The summed E-state index contributed by atoms with van der Waals surface area (Å²) < 4.78 is 16.0. The maximum Gasteiger partial charge on any atom is 0.312 e. The van der Waals surface area contributed by atoms with E-state index in [4.69, 9.17) is 20.6 Å². The number of Topliss-reactive ketones (excluding diaryl/α,β-unsaturated/α-hetero) is 1. The zero-order valence-electron chi connectivity index (χ0n) is 14.9. The predicted octanol–water partition coefficient (Wildman–Crippen LogP) is 3.06. The van der Waals surface area contributed by atoms with Crippen molar-refractivity contribution in [3.63, 3.8) is 0 Å². The second kappa shape index (κ2) is 7.42. The zero-order chi connectivity index (χ0) is 19.6. The van der Waals surface area contributed by atoms with E-state index in [0.717, 1.165) is 0 Å². The van der Waals surface area contributed by atoms with Gasteiger partial charge in [0.25, 0.3) is 0 Å². The number of phenols is 1. The van der Waals surface area contributed by atoms with Gasteiger partial charge in [-0.3, -0.25) is 9.59 Å². The summed E-state index contributed by atoms with van der Waals surface area (Å²) in [7, 11) is 1.51. The zero-order valence-corrected chi connectivity index (χ0v) is 14.9. The van der Waals surface area contributed by atoms with Crippen molar-refractivity contribution in [3.05, 3.63) is 47.0 Å². The smallest absolute Gasteiger partial charge is 0.312 e. The Morgan fingerprint density at radius 2 is 2.11 bits per heavy atom. The van der Waals surface area contributed by atoms with Crippen LogP contribution in [0.15, 0.2) is 30.3 Å². The number of fused-ring (bicyclic) bond motifs is 1. The third kappa shape index (κ3) is 3.44. The lowest BCUT2D eigenvalue weighted by Crippen LogP contribution is -2.21. The molecule has 2 aromatic rings. The molecular formula is C21H18O6. The first kappa shape index (κ1) is 18.3. The number of hydrogen-bond donors (Lipinski definition) is 1. The van der Waals surface area contributed by atoms with E-state index in [-0.39, 0.29) is 35.9 Å². The average molecular weight is 366 g/mol. The van der Waals surface area contributed by atoms with Crippen molar-refractivity contribution < 1.29 is 28.9 Å². The van der Waals surface area contributed by atoms with Crippen LogP contribution in [-0.4, -0.2) is 30.6 Å². The number of terminal acetylenes is 1. The van der Waals surface area contributed by atoms with Crippen LogP contribution >= 0.6 is 0 Å². The van der Waals surface area contributed by atoms with Crippen LogP contribution in [-0.2, 0) is 4.79 Å². The number of rotatable bonds is 5. The van der Waals surface area contributed by atoms with Crippen LogP contribution in [0.4, 0.5) is 0 Å². The van der Waals surface area contributed by atoms with Gasteiger partial charge in [0.1, 0.15) is 18.1 Å². The van der Waals surface area contributed by atoms with Crippen LogP contribution in [0.1, 0.15) is 40.7 Å². The van der Waals surface area contributed by atoms with E-state index < -0.39 is 11.9 Å². The minimum atomic E-state index is -0.500. The van der Waals surface area contributed by atoms with Crippen molar-refractivity contribution in [2.24, 2.45) is 0 Å². The quantitative estimate of drug-likeness (QED) is 0.379. The largest absolute Gasteiger partial charge is 0.507 e. The number of hydrogen-bond acceptors (Lipinski definition) is 6. The molecule has 0 amide bonds. The number of phenolic OH excluding ortho intramolecular Hbond substituents is 1. The third-order valence-corrected chi connectivity index (χ3v) is 4.40. The van der Waals surface area contributed by atoms with Crippen molar-refractivity contribution in [1.82, 2.24) is 0 Å². The molecule has 1 N–H and O–H groups in total. The van der Waals surface area contributed by atoms with Gasteiger partial charge in [0.2, 0.25) is 0 Å². The van der Waals surface area contributed by atoms with Crippen molar-refractivity contribution >= 4 is 11.8 Å². The molecule has 6 nitrogen and oxygen atoms in total. The van der Waals surface area contributed by atoms with E-state index in [1.54, 1.807) is 18.2 Å². The summed E-state index contributed by atoms with van der Waals surface area (Å²) in [5.41, 5.74) is 1.28. The topological polar surface area (TPSA) is 82.1 Å². The summed E-state index contributed by atoms with van der Waals surface area (Å²) in [6.07, 6.45) is 5.27. The molecule has 138 valence electrons. The van der Waals surface area contributed by atoms with E-state index in [0.29, 0.717) is 22.6 Å². The summed E-state index contributed by atoms with van der Waals surface area (Å²) in [5.74, 6) is 2.16. The molecule has 0 saturated carbocycles. The van der Waals surface area contributed by atoms with E-state index in [1.165, 1.54) is 26.2 Å². The lowest BCUT2D eigenvalue weighted by Gasteiger charge is -2.27. The lowest BCUT2D eigenvalue weighted by molar-refractivity contribution is -0.135. The Hall–Kier alpha value is -3.46. The molecule has 3 rings (SSSR count). The highest BCUT2D eigenvalue weighted by atomic mass is 16.5. The Labute approximate surface area is 156 Å². The number of ether oxygens (including phenoxy) is 3. The first-order valence-electron chi connectivity index (χ1n) is 8.28. The lowest BCUT2D eigenvalue weighted by atomic mass is 9.84. The van der Waals surface area contributed by atoms with Gasteiger partial charge in [-0.15, -0.1) is 6.42 Å². The number of ketones is 1. The average Bonchev–Trinajstić information content (AvgIpc) is 2.65. The summed E-state index contributed by atoms with van der Waals surface area (Å²) in [6, 6.07) is 8.15. The molecule has 27 heavy (non-hydrogen) atoms. The molecule has 0 unspecified atom stereocenters. The molecule has 0 fully saturated rings. The van der Waals surface area contributed by atoms with Crippen LogP contribution < -0.4 is 14.2 Å². The van der Waals surface area contributed by atoms with Crippen LogP contribution in [0.3, 0.4) is 0 Å². The summed E-state index contributed by atoms with van der Waals surface area (Å²) >= 11 is 0. The van der Waals surface area contributed by atoms with Gasteiger partial charge in [0.15, 0.2) is 17.3 Å². The molecular weight excluding hydrogens is 348 g/mol. The molecule has 0 bridgehead atoms. The molecule has 1 aliphatic heterocycles. The molecule has 1 atom stereocenters. The number of esters is 1. The number of aromatic hydroxyl groups is 1. The Kier molecular flexibility index (Phi) is 5.04. The summed E-state index contributed by atoms with van der Waals surface area (Å²) in [4.78, 5) is 23.9.